The minimum atomic E-state index is -1.78. The molecule has 140 valence electrons. The molecular weight excluding hydrogens is 399 g/mol. The van der Waals surface area contributed by atoms with Crippen LogP contribution in [0.15, 0.2) is 59.4 Å². The van der Waals surface area contributed by atoms with Crippen molar-refractivity contribution in [1.29, 1.82) is 0 Å². The van der Waals surface area contributed by atoms with Gasteiger partial charge in [0.2, 0.25) is 6.17 Å². The van der Waals surface area contributed by atoms with Gasteiger partial charge in [0, 0.05) is 11.1 Å². The van der Waals surface area contributed by atoms with E-state index in [1.807, 2.05) is 0 Å². The van der Waals surface area contributed by atoms with E-state index in [2.05, 4.69) is 20.6 Å². The van der Waals surface area contributed by atoms with Gasteiger partial charge in [0.15, 0.2) is 5.13 Å². The minimum Gasteiger partial charge on any atom is -0.321 e. The Kier molecular flexibility index (Phi) is 5.09. The number of carbonyl (C=O) groups excluding carboxylic acids is 2. The van der Waals surface area contributed by atoms with E-state index in [4.69, 9.17) is 0 Å². The van der Waals surface area contributed by atoms with Gasteiger partial charge in [-0.05, 0) is 23.8 Å². The highest BCUT2D eigenvalue weighted by Gasteiger charge is 2.20. The zero-order valence-electron chi connectivity index (χ0n) is 14.3. The summed E-state index contributed by atoms with van der Waals surface area (Å²) in [6, 6.07) is 13.4. The van der Waals surface area contributed by atoms with Crippen LogP contribution in [0.2, 0.25) is 0 Å². The zero-order chi connectivity index (χ0) is 19.5. The number of nitrogens with one attached hydrogen (secondary N) is 2. The third-order valence-corrected chi connectivity index (χ3v) is 5.38. The normalized spacial score (nSPS) is 11.9. The van der Waals surface area contributed by atoms with Crippen LogP contribution in [-0.4, -0.2) is 21.8 Å². The molecule has 0 saturated heterocycles. The average molecular weight is 412 g/mol. The van der Waals surface area contributed by atoms with Gasteiger partial charge in [0.05, 0.1) is 15.7 Å². The first-order valence-corrected chi connectivity index (χ1v) is 9.96. The number of amides is 2. The number of carbonyl (C=O) groups is 2. The highest BCUT2D eigenvalue weighted by Crippen LogP contribution is 2.29. The first-order valence-electron chi connectivity index (χ1n) is 8.20. The fourth-order valence-corrected chi connectivity index (χ4v) is 3.96. The molecule has 0 aliphatic carbocycles. The zero-order valence-corrected chi connectivity index (χ0v) is 15.9. The summed E-state index contributed by atoms with van der Waals surface area (Å²) in [4.78, 5) is 32.5. The molecule has 2 heterocycles. The summed E-state index contributed by atoms with van der Waals surface area (Å²) >= 11 is 2.54. The smallest absolute Gasteiger partial charge is 0.275 e. The van der Waals surface area contributed by atoms with Crippen molar-refractivity contribution in [3.05, 3.63) is 70.7 Å². The number of hydrogen-bond acceptors (Lipinski definition) is 6. The largest absolute Gasteiger partial charge is 0.321 e. The number of thiazole rings is 2. The maximum absolute atomic E-state index is 14.3. The Balaban J connectivity index is 1.48. The molecule has 0 aliphatic heterocycles. The van der Waals surface area contributed by atoms with Crippen LogP contribution in [0.3, 0.4) is 0 Å². The molecule has 2 N–H and O–H groups in total. The lowest BCUT2D eigenvalue weighted by atomic mass is 10.1. The first-order chi connectivity index (χ1) is 13.6. The molecule has 0 spiro atoms. The summed E-state index contributed by atoms with van der Waals surface area (Å²) in [6.07, 6.45) is -1.78. The van der Waals surface area contributed by atoms with Crippen LogP contribution in [0.4, 0.5) is 15.2 Å². The number of hydrogen-bond donors (Lipinski definition) is 2. The predicted octanol–water partition coefficient (Wildman–Crippen LogP) is 4.65. The van der Waals surface area contributed by atoms with Crippen molar-refractivity contribution in [2.24, 2.45) is 0 Å². The third kappa shape index (κ3) is 3.90. The van der Waals surface area contributed by atoms with Crippen molar-refractivity contribution < 1.29 is 14.0 Å². The SMILES string of the molecule is O=C(Nc1ccc2nc(NC(=O)C(F)c3ccccc3)sc2c1)c1cscn1. The molecule has 4 rings (SSSR count). The van der Waals surface area contributed by atoms with E-state index in [0.717, 1.165) is 4.70 Å². The monoisotopic (exact) mass is 412 g/mol. The van der Waals surface area contributed by atoms with Gasteiger partial charge in [-0.1, -0.05) is 41.7 Å². The molecule has 6 nitrogen and oxygen atoms in total. The van der Waals surface area contributed by atoms with Crippen molar-refractivity contribution in [2.75, 3.05) is 10.6 Å². The van der Waals surface area contributed by atoms with E-state index in [0.29, 0.717) is 22.0 Å². The lowest BCUT2D eigenvalue weighted by Crippen LogP contribution is -2.17. The number of fused-ring (bicyclic) bond motifs is 1. The molecule has 28 heavy (non-hydrogen) atoms. The van der Waals surface area contributed by atoms with E-state index in [1.54, 1.807) is 59.4 Å². The Morgan fingerprint density at radius 3 is 2.64 bits per heavy atom. The van der Waals surface area contributed by atoms with E-state index in [1.165, 1.54) is 22.7 Å². The maximum Gasteiger partial charge on any atom is 0.275 e. The van der Waals surface area contributed by atoms with Gasteiger partial charge in [-0.3, -0.25) is 14.9 Å². The fraction of sp³-hybridized carbons (Fsp3) is 0.0526. The Morgan fingerprint density at radius 1 is 1.07 bits per heavy atom. The molecule has 4 aromatic rings. The van der Waals surface area contributed by atoms with Crippen LogP contribution in [0, 0.1) is 0 Å². The van der Waals surface area contributed by atoms with Gasteiger partial charge >= 0.3 is 0 Å². The Morgan fingerprint density at radius 2 is 1.89 bits per heavy atom. The molecular formula is C19H13FN4O2S2. The number of nitrogens with zero attached hydrogens (tertiary/aromatic N) is 2. The lowest BCUT2D eigenvalue weighted by Gasteiger charge is -2.07. The van der Waals surface area contributed by atoms with E-state index in [9.17, 15) is 14.0 Å². The average Bonchev–Trinajstić information content (AvgIpc) is 3.37. The second-order valence-electron chi connectivity index (χ2n) is 5.79. The lowest BCUT2D eigenvalue weighted by molar-refractivity contribution is -0.121. The Hall–Kier alpha value is -3.17. The van der Waals surface area contributed by atoms with Crippen molar-refractivity contribution in [3.63, 3.8) is 0 Å². The molecule has 0 radical (unpaired) electrons. The van der Waals surface area contributed by atoms with Crippen LogP contribution in [0.1, 0.15) is 22.2 Å². The number of anilines is 2. The van der Waals surface area contributed by atoms with Gasteiger partial charge in [-0.15, -0.1) is 11.3 Å². The molecule has 1 unspecified atom stereocenters. The summed E-state index contributed by atoms with van der Waals surface area (Å²) in [5.74, 6) is -1.08. The van der Waals surface area contributed by atoms with Crippen molar-refractivity contribution in [3.8, 4) is 0 Å². The number of rotatable bonds is 5. The molecule has 2 amide bonds. The highest BCUT2D eigenvalue weighted by atomic mass is 32.1. The number of benzene rings is 2. The van der Waals surface area contributed by atoms with Gasteiger partial charge in [-0.25, -0.2) is 14.4 Å². The van der Waals surface area contributed by atoms with Crippen molar-refractivity contribution in [1.82, 2.24) is 9.97 Å². The van der Waals surface area contributed by atoms with Crippen LogP contribution < -0.4 is 10.6 Å². The molecule has 0 aliphatic rings. The van der Waals surface area contributed by atoms with Crippen LogP contribution in [-0.2, 0) is 4.79 Å². The minimum absolute atomic E-state index is 0.285. The van der Waals surface area contributed by atoms with Crippen molar-refractivity contribution in [2.45, 2.75) is 6.17 Å². The molecule has 1 atom stereocenters. The second-order valence-corrected chi connectivity index (χ2v) is 7.54. The van der Waals surface area contributed by atoms with Crippen LogP contribution in [0.25, 0.3) is 10.2 Å². The summed E-state index contributed by atoms with van der Waals surface area (Å²) < 4.78 is 15.1. The van der Waals surface area contributed by atoms with Gasteiger partial charge in [-0.2, -0.15) is 0 Å². The number of aromatic nitrogens is 2. The second kappa shape index (κ2) is 7.83. The molecule has 0 saturated carbocycles. The molecule has 2 aromatic heterocycles. The summed E-state index contributed by atoms with van der Waals surface area (Å²) in [6.45, 7) is 0. The molecule has 2 aromatic carbocycles. The number of halogens is 1. The van der Waals surface area contributed by atoms with Gasteiger partial charge < -0.3 is 5.32 Å². The first kappa shape index (κ1) is 18.2. The molecule has 0 bridgehead atoms. The predicted molar refractivity (Wildman–Crippen MR) is 109 cm³/mol. The van der Waals surface area contributed by atoms with Gasteiger partial charge in [0.1, 0.15) is 5.69 Å². The Bertz CT molecular complexity index is 1130. The van der Waals surface area contributed by atoms with E-state index in [-0.39, 0.29) is 11.5 Å². The standard InChI is InChI=1S/C19H13FN4O2S2/c20-16(11-4-2-1-3-5-11)18(26)24-19-23-13-7-6-12(8-15(13)28-19)22-17(25)14-9-27-10-21-14/h1-10,16H,(H,22,25)(H,23,24,26). The molecule has 9 heteroatoms. The summed E-state index contributed by atoms with van der Waals surface area (Å²) in [7, 11) is 0. The summed E-state index contributed by atoms with van der Waals surface area (Å²) in [5, 5.41) is 7.23. The topological polar surface area (TPSA) is 84.0 Å². The van der Waals surface area contributed by atoms with Gasteiger partial charge in [0.25, 0.3) is 11.8 Å². The fourth-order valence-electron chi connectivity index (χ4n) is 2.52. The quantitative estimate of drug-likeness (QED) is 0.500. The maximum atomic E-state index is 14.3. The van der Waals surface area contributed by atoms with E-state index >= 15 is 0 Å². The van der Waals surface area contributed by atoms with Crippen molar-refractivity contribution >= 4 is 55.5 Å². The number of alkyl halides is 1. The summed E-state index contributed by atoms with van der Waals surface area (Å²) in [5.41, 5.74) is 3.44. The Labute approximate surface area is 167 Å². The molecule has 0 fully saturated rings. The van der Waals surface area contributed by atoms with Crippen LogP contribution in [0.5, 0.6) is 0 Å². The van der Waals surface area contributed by atoms with E-state index < -0.39 is 12.1 Å². The van der Waals surface area contributed by atoms with Crippen LogP contribution >= 0.6 is 22.7 Å². The third-order valence-electron chi connectivity index (χ3n) is 3.86. The highest BCUT2D eigenvalue weighted by molar-refractivity contribution is 7.22.